The summed E-state index contributed by atoms with van der Waals surface area (Å²) in [6.07, 6.45) is -0.574. The number of hydrogen-bond donors (Lipinski definition) is 0. The molecule has 0 saturated heterocycles. The summed E-state index contributed by atoms with van der Waals surface area (Å²) in [7, 11) is 0. The Bertz CT molecular complexity index is 501. The van der Waals surface area contributed by atoms with E-state index in [0.717, 1.165) is 18.4 Å². The van der Waals surface area contributed by atoms with E-state index < -0.39 is 18.0 Å². The third-order valence-corrected chi connectivity index (χ3v) is 6.21. The zero-order valence-corrected chi connectivity index (χ0v) is 12.8. The lowest BCUT2D eigenvalue weighted by molar-refractivity contribution is -0.159. The van der Waals surface area contributed by atoms with Crippen molar-refractivity contribution in [3.63, 3.8) is 0 Å². The Morgan fingerprint density at radius 2 is 1.48 bits per heavy atom. The fraction of sp³-hybridized carbons (Fsp3) is 0.667. The topological polar surface area (TPSA) is 0 Å². The van der Waals surface area contributed by atoms with Crippen LogP contribution in [0.15, 0.2) is 30.3 Å². The predicted octanol–water partition coefficient (Wildman–Crippen LogP) is 5.77. The van der Waals surface area contributed by atoms with E-state index in [9.17, 15) is 13.2 Å². The highest BCUT2D eigenvalue weighted by molar-refractivity contribution is 5.21. The summed E-state index contributed by atoms with van der Waals surface area (Å²) in [4.78, 5) is 0. The molecule has 0 aromatic heterocycles. The molecule has 0 aliphatic heterocycles. The van der Waals surface area contributed by atoms with E-state index >= 15 is 0 Å². The van der Waals surface area contributed by atoms with Crippen molar-refractivity contribution in [1.29, 1.82) is 0 Å². The molecule has 2 fully saturated rings. The molecule has 0 N–H and O–H groups in total. The Kier molecular flexibility index (Phi) is 3.20. The molecule has 2 aliphatic rings. The average Bonchev–Trinajstić information content (AvgIpc) is 2.48. The summed E-state index contributed by atoms with van der Waals surface area (Å²) in [5.41, 5.74) is 0.634. The number of hydrogen-bond acceptors (Lipinski definition) is 0. The molecule has 2 saturated carbocycles. The largest absolute Gasteiger partial charge is 0.389 e. The van der Waals surface area contributed by atoms with Gasteiger partial charge in [0.05, 0.1) is 0 Å². The summed E-state index contributed by atoms with van der Waals surface area (Å²) in [5, 5.41) is 0. The lowest BCUT2D eigenvalue weighted by Gasteiger charge is -2.52. The van der Waals surface area contributed by atoms with Gasteiger partial charge in [-0.1, -0.05) is 44.2 Å². The Morgan fingerprint density at radius 3 is 1.90 bits per heavy atom. The molecule has 21 heavy (non-hydrogen) atoms. The Labute approximate surface area is 124 Å². The summed E-state index contributed by atoms with van der Waals surface area (Å²) in [6, 6.07) is 9.68. The van der Waals surface area contributed by atoms with Crippen molar-refractivity contribution in [1.82, 2.24) is 0 Å². The maximum atomic E-state index is 13.2. The third-order valence-electron chi connectivity index (χ3n) is 6.21. The van der Waals surface area contributed by atoms with Gasteiger partial charge in [0.2, 0.25) is 0 Å². The molecular formula is C18H23F3. The summed E-state index contributed by atoms with van der Waals surface area (Å²) >= 11 is 0. The SMILES string of the molecule is C[C@@]12CC[C@]1(C)CC(Cc1ccccc1)(CC(F)(F)F)C2. The first kappa shape index (κ1) is 14.9. The minimum atomic E-state index is -4.08. The molecule has 2 aliphatic carbocycles. The molecule has 3 heteroatoms. The van der Waals surface area contributed by atoms with Crippen LogP contribution in [0.5, 0.6) is 0 Å². The van der Waals surface area contributed by atoms with Gasteiger partial charge in [0, 0.05) is 6.42 Å². The Hall–Kier alpha value is -0.990. The van der Waals surface area contributed by atoms with Crippen molar-refractivity contribution >= 4 is 0 Å². The monoisotopic (exact) mass is 296 g/mol. The first-order chi connectivity index (χ1) is 9.66. The van der Waals surface area contributed by atoms with E-state index in [-0.39, 0.29) is 10.8 Å². The van der Waals surface area contributed by atoms with Crippen molar-refractivity contribution in [2.45, 2.75) is 58.5 Å². The van der Waals surface area contributed by atoms with Crippen LogP contribution in [0.25, 0.3) is 0 Å². The summed E-state index contributed by atoms with van der Waals surface area (Å²) in [6.45, 7) is 4.39. The molecule has 1 aromatic rings. The normalized spacial score (nSPS) is 38.9. The van der Waals surface area contributed by atoms with Crippen molar-refractivity contribution in [2.75, 3.05) is 0 Å². The van der Waals surface area contributed by atoms with Gasteiger partial charge >= 0.3 is 6.18 Å². The van der Waals surface area contributed by atoms with E-state index in [2.05, 4.69) is 13.8 Å². The lowest BCUT2D eigenvalue weighted by atomic mass is 9.53. The standard InChI is InChI=1S/C18H23F3/c1-15-8-9-16(15,2)12-17(11-15,13-18(19,20)21)10-14-6-4-3-5-7-14/h3-7H,8-13H2,1-2H3/t15-,16+,17?. The molecule has 3 atom stereocenters. The number of halogens is 3. The van der Waals surface area contributed by atoms with Crippen LogP contribution in [0, 0.1) is 16.2 Å². The molecular weight excluding hydrogens is 273 g/mol. The van der Waals surface area contributed by atoms with Crippen molar-refractivity contribution in [3.05, 3.63) is 35.9 Å². The Balaban J connectivity index is 1.90. The van der Waals surface area contributed by atoms with Gasteiger partial charge < -0.3 is 0 Å². The van der Waals surface area contributed by atoms with Gasteiger partial charge in [0.25, 0.3) is 0 Å². The predicted molar refractivity (Wildman–Crippen MR) is 77.9 cm³/mol. The molecule has 1 unspecified atom stereocenters. The van der Waals surface area contributed by atoms with Crippen LogP contribution in [0.1, 0.15) is 51.5 Å². The van der Waals surface area contributed by atoms with E-state index in [1.807, 2.05) is 30.3 Å². The molecule has 0 spiro atoms. The fourth-order valence-corrected chi connectivity index (χ4v) is 5.07. The van der Waals surface area contributed by atoms with Crippen LogP contribution in [0.2, 0.25) is 0 Å². The first-order valence-corrected chi connectivity index (χ1v) is 7.76. The van der Waals surface area contributed by atoms with E-state index in [0.29, 0.717) is 19.3 Å². The third kappa shape index (κ3) is 2.60. The van der Waals surface area contributed by atoms with Gasteiger partial charge in [-0.25, -0.2) is 0 Å². The molecule has 0 amide bonds. The van der Waals surface area contributed by atoms with Crippen LogP contribution in [0.4, 0.5) is 13.2 Å². The highest BCUT2D eigenvalue weighted by Gasteiger charge is 2.64. The second-order valence-corrected chi connectivity index (χ2v) is 7.93. The van der Waals surface area contributed by atoms with Crippen LogP contribution in [-0.4, -0.2) is 6.18 Å². The second-order valence-electron chi connectivity index (χ2n) is 7.93. The van der Waals surface area contributed by atoms with E-state index in [4.69, 9.17) is 0 Å². The number of fused-ring (bicyclic) bond motifs is 1. The van der Waals surface area contributed by atoms with Crippen LogP contribution in [-0.2, 0) is 6.42 Å². The molecule has 0 heterocycles. The van der Waals surface area contributed by atoms with Crippen LogP contribution < -0.4 is 0 Å². The molecule has 0 nitrogen and oxygen atoms in total. The molecule has 0 bridgehead atoms. The zero-order valence-electron chi connectivity index (χ0n) is 12.8. The smallest absolute Gasteiger partial charge is 0.171 e. The van der Waals surface area contributed by atoms with Gasteiger partial charge in [0.1, 0.15) is 0 Å². The second kappa shape index (κ2) is 4.50. The average molecular weight is 296 g/mol. The number of alkyl halides is 3. The van der Waals surface area contributed by atoms with Crippen LogP contribution >= 0.6 is 0 Å². The van der Waals surface area contributed by atoms with E-state index in [1.165, 1.54) is 0 Å². The van der Waals surface area contributed by atoms with E-state index in [1.54, 1.807) is 0 Å². The molecule has 3 rings (SSSR count). The van der Waals surface area contributed by atoms with Crippen LogP contribution in [0.3, 0.4) is 0 Å². The summed E-state index contributed by atoms with van der Waals surface area (Å²) in [5.74, 6) is 0. The van der Waals surface area contributed by atoms with Crippen molar-refractivity contribution < 1.29 is 13.2 Å². The quantitative estimate of drug-likeness (QED) is 0.664. The van der Waals surface area contributed by atoms with Gasteiger partial charge in [-0.2, -0.15) is 13.2 Å². The minimum Gasteiger partial charge on any atom is -0.171 e. The maximum absolute atomic E-state index is 13.2. The highest BCUT2D eigenvalue weighted by atomic mass is 19.4. The fourth-order valence-electron chi connectivity index (χ4n) is 5.07. The molecule has 116 valence electrons. The first-order valence-electron chi connectivity index (χ1n) is 7.76. The van der Waals surface area contributed by atoms with Crippen molar-refractivity contribution in [3.8, 4) is 0 Å². The Morgan fingerprint density at radius 1 is 0.952 bits per heavy atom. The lowest BCUT2D eigenvalue weighted by Crippen LogP contribution is -2.42. The van der Waals surface area contributed by atoms with Gasteiger partial charge in [-0.05, 0) is 53.9 Å². The summed E-state index contributed by atoms with van der Waals surface area (Å²) < 4.78 is 39.5. The van der Waals surface area contributed by atoms with Gasteiger partial charge in [0.15, 0.2) is 0 Å². The minimum absolute atomic E-state index is 0.104. The van der Waals surface area contributed by atoms with Gasteiger partial charge in [-0.15, -0.1) is 0 Å². The molecule has 1 aromatic carbocycles. The van der Waals surface area contributed by atoms with Crippen molar-refractivity contribution in [2.24, 2.45) is 16.2 Å². The zero-order chi connectivity index (χ0) is 15.4. The van der Waals surface area contributed by atoms with Gasteiger partial charge in [-0.3, -0.25) is 0 Å². The number of rotatable bonds is 3. The highest BCUT2D eigenvalue weighted by Crippen LogP contribution is 2.73. The maximum Gasteiger partial charge on any atom is 0.389 e. The molecule has 0 radical (unpaired) electrons. The number of benzene rings is 1.